The van der Waals surface area contributed by atoms with Crippen molar-refractivity contribution in [2.75, 3.05) is 5.32 Å². The van der Waals surface area contributed by atoms with Gasteiger partial charge in [0.15, 0.2) is 0 Å². The number of rotatable bonds is 4. The van der Waals surface area contributed by atoms with Crippen LogP contribution in [0.4, 0.5) is 11.4 Å². The molecule has 0 aliphatic heterocycles. The second kappa shape index (κ2) is 7.38. The second-order valence-corrected chi connectivity index (χ2v) is 7.35. The third kappa shape index (κ3) is 3.45. The molecule has 1 aromatic heterocycles. The molecule has 4 rings (SSSR count). The third-order valence-corrected chi connectivity index (χ3v) is 5.49. The fourth-order valence-corrected chi connectivity index (χ4v) is 3.95. The van der Waals surface area contributed by atoms with E-state index in [1.807, 2.05) is 36.4 Å². The zero-order valence-corrected chi connectivity index (χ0v) is 15.8. The summed E-state index contributed by atoms with van der Waals surface area (Å²) in [7, 11) is 0. The fourth-order valence-electron chi connectivity index (χ4n) is 2.75. The summed E-state index contributed by atoms with van der Waals surface area (Å²) in [5.41, 5.74) is 2.07. The van der Waals surface area contributed by atoms with E-state index >= 15 is 0 Å². The van der Waals surface area contributed by atoms with E-state index < -0.39 is 10.8 Å². The number of para-hydroxylation sites is 2. The first-order valence-electron chi connectivity index (χ1n) is 8.23. The highest BCUT2D eigenvalue weighted by Crippen LogP contribution is 2.34. The normalized spacial score (nSPS) is 10.8. The van der Waals surface area contributed by atoms with Crippen molar-refractivity contribution in [3.05, 3.63) is 87.4 Å². The maximum Gasteiger partial charge on any atom is 0.288 e. The summed E-state index contributed by atoms with van der Waals surface area (Å²) in [6.07, 6.45) is 0. The first-order valence-corrected chi connectivity index (χ1v) is 9.42. The van der Waals surface area contributed by atoms with Gasteiger partial charge >= 0.3 is 0 Å². The van der Waals surface area contributed by atoms with Gasteiger partial charge in [-0.1, -0.05) is 35.9 Å². The van der Waals surface area contributed by atoms with Crippen LogP contribution in [0.5, 0.6) is 0 Å². The minimum absolute atomic E-state index is 0.0172. The average Bonchev–Trinajstić information content (AvgIpc) is 3.12. The van der Waals surface area contributed by atoms with Gasteiger partial charge in [0.05, 0.1) is 20.8 Å². The van der Waals surface area contributed by atoms with Crippen LogP contribution in [-0.4, -0.2) is 15.8 Å². The lowest BCUT2D eigenvalue weighted by atomic mass is 10.1. The number of amides is 1. The van der Waals surface area contributed by atoms with Crippen LogP contribution < -0.4 is 5.32 Å². The lowest BCUT2D eigenvalue weighted by molar-refractivity contribution is -0.384. The maximum atomic E-state index is 12.7. The Hall–Kier alpha value is -3.29. The standard InChI is InChI=1S/C20H12ClN3O3S/c21-14-10-9-12(11-17(14)24(26)27)19(25)22-15-6-2-1-5-13(15)20-23-16-7-3-4-8-18(16)28-20/h1-11H,(H,22,25). The maximum absolute atomic E-state index is 12.7. The molecule has 138 valence electrons. The molecule has 1 N–H and O–H groups in total. The van der Waals surface area contributed by atoms with Crippen LogP contribution in [0.25, 0.3) is 20.8 Å². The van der Waals surface area contributed by atoms with E-state index in [0.29, 0.717) is 5.69 Å². The molecule has 0 spiro atoms. The predicted molar refractivity (Wildman–Crippen MR) is 111 cm³/mol. The Morgan fingerprint density at radius 1 is 1.07 bits per heavy atom. The average molecular weight is 410 g/mol. The largest absolute Gasteiger partial charge is 0.321 e. The van der Waals surface area contributed by atoms with Crippen LogP contribution >= 0.6 is 22.9 Å². The van der Waals surface area contributed by atoms with E-state index in [9.17, 15) is 14.9 Å². The van der Waals surface area contributed by atoms with Crippen molar-refractivity contribution >= 4 is 50.4 Å². The Labute approximate surface area is 168 Å². The van der Waals surface area contributed by atoms with E-state index in [-0.39, 0.29) is 16.3 Å². The van der Waals surface area contributed by atoms with E-state index in [4.69, 9.17) is 11.6 Å². The number of carbonyl (C=O) groups excluding carboxylic acids is 1. The van der Waals surface area contributed by atoms with E-state index in [0.717, 1.165) is 26.9 Å². The molecule has 0 aliphatic carbocycles. The monoisotopic (exact) mass is 409 g/mol. The predicted octanol–water partition coefficient (Wildman–Crippen LogP) is 5.78. The number of halogens is 1. The lowest BCUT2D eigenvalue weighted by Crippen LogP contribution is -2.13. The van der Waals surface area contributed by atoms with Gasteiger partial charge in [-0.2, -0.15) is 0 Å². The van der Waals surface area contributed by atoms with Gasteiger partial charge in [-0.3, -0.25) is 14.9 Å². The minimum atomic E-state index is -0.617. The summed E-state index contributed by atoms with van der Waals surface area (Å²) in [6, 6.07) is 19.1. The first kappa shape index (κ1) is 18.1. The van der Waals surface area contributed by atoms with Crippen LogP contribution in [0, 0.1) is 10.1 Å². The molecular formula is C20H12ClN3O3S. The minimum Gasteiger partial charge on any atom is -0.321 e. The van der Waals surface area contributed by atoms with Crippen LogP contribution in [0.1, 0.15) is 10.4 Å². The molecule has 0 bridgehead atoms. The zero-order valence-electron chi connectivity index (χ0n) is 14.3. The van der Waals surface area contributed by atoms with Crippen molar-refractivity contribution in [3.63, 3.8) is 0 Å². The molecule has 0 saturated carbocycles. The van der Waals surface area contributed by atoms with E-state index in [2.05, 4.69) is 10.3 Å². The molecule has 0 unspecified atom stereocenters. The molecule has 4 aromatic rings. The van der Waals surface area contributed by atoms with E-state index in [1.54, 1.807) is 12.1 Å². The molecular weight excluding hydrogens is 398 g/mol. The van der Waals surface area contributed by atoms with Crippen molar-refractivity contribution in [1.82, 2.24) is 4.98 Å². The molecule has 6 nitrogen and oxygen atoms in total. The quantitative estimate of drug-likeness (QED) is 0.342. The van der Waals surface area contributed by atoms with Crippen molar-refractivity contribution in [2.24, 2.45) is 0 Å². The number of nitro benzene ring substituents is 1. The fraction of sp³-hybridized carbons (Fsp3) is 0. The number of thiazole rings is 1. The molecule has 0 atom stereocenters. The van der Waals surface area contributed by atoms with Gasteiger partial charge in [0.25, 0.3) is 11.6 Å². The summed E-state index contributed by atoms with van der Waals surface area (Å²) in [6.45, 7) is 0. The van der Waals surface area contributed by atoms with Crippen molar-refractivity contribution in [1.29, 1.82) is 0 Å². The second-order valence-electron chi connectivity index (χ2n) is 5.91. The molecule has 8 heteroatoms. The van der Waals surface area contributed by atoms with Gasteiger partial charge in [-0.25, -0.2) is 4.98 Å². The van der Waals surface area contributed by atoms with Gasteiger partial charge in [0.1, 0.15) is 10.0 Å². The number of aromatic nitrogens is 1. The lowest BCUT2D eigenvalue weighted by Gasteiger charge is -2.09. The highest BCUT2D eigenvalue weighted by molar-refractivity contribution is 7.21. The van der Waals surface area contributed by atoms with Crippen LogP contribution in [0.3, 0.4) is 0 Å². The first-order chi connectivity index (χ1) is 13.5. The number of fused-ring (bicyclic) bond motifs is 1. The Morgan fingerprint density at radius 2 is 1.82 bits per heavy atom. The molecule has 28 heavy (non-hydrogen) atoms. The van der Waals surface area contributed by atoms with Crippen molar-refractivity contribution < 1.29 is 9.72 Å². The van der Waals surface area contributed by atoms with Crippen LogP contribution in [0.2, 0.25) is 5.02 Å². The van der Waals surface area contributed by atoms with Crippen molar-refractivity contribution in [2.45, 2.75) is 0 Å². The molecule has 1 heterocycles. The highest BCUT2D eigenvalue weighted by atomic mass is 35.5. The molecule has 0 aliphatic rings. The number of nitrogens with zero attached hydrogens (tertiary/aromatic N) is 2. The molecule has 0 radical (unpaired) electrons. The van der Waals surface area contributed by atoms with Gasteiger partial charge < -0.3 is 5.32 Å². The Bertz CT molecular complexity index is 1190. The number of hydrogen-bond donors (Lipinski definition) is 1. The van der Waals surface area contributed by atoms with Crippen LogP contribution in [0.15, 0.2) is 66.7 Å². The van der Waals surface area contributed by atoms with E-state index in [1.165, 1.54) is 23.5 Å². The summed E-state index contributed by atoms with van der Waals surface area (Å²) in [5, 5.41) is 14.6. The Morgan fingerprint density at radius 3 is 2.61 bits per heavy atom. The molecule has 3 aromatic carbocycles. The third-order valence-electron chi connectivity index (χ3n) is 4.10. The number of nitrogens with one attached hydrogen (secondary N) is 1. The number of carbonyl (C=O) groups is 1. The number of nitro groups is 1. The Kier molecular flexibility index (Phi) is 4.77. The van der Waals surface area contributed by atoms with Gasteiger partial charge in [-0.15, -0.1) is 11.3 Å². The number of anilines is 1. The van der Waals surface area contributed by atoms with Crippen LogP contribution in [-0.2, 0) is 0 Å². The van der Waals surface area contributed by atoms with Gasteiger partial charge in [-0.05, 0) is 36.4 Å². The smallest absolute Gasteiger partial charge is 0.288 e. The van der Waals surface area contributed by atoms with Gasteiger partial charge in [0, 0.05) is 17.2 Å². The zero-order chi connectivity index (χ0) is 19.7. The summed E-state index contributed by atoms with van der Waals surface area (Å²) >= 11 is 7.35. The molecule has 0 saturated heterocycles. The Balaban J connectivity index is 1.68. The summed E-state index contributed by atoms with van der Waals surface area (Å²) < 4.78 is 1.05. The molecule has 0 fully saturated rings. The number of hydrogen-bond acceptors (Lipinski definition) is 5. The number of benzene rings is 3. The van der Waals surface area contributed by atoms with Crippen molar-refractivity contribution in [3.8, 4) is 10.6 Å². The SMILES string of the molecule is O=C(Nc1ccccc1-c1nc2ccccc2s1)c1ccc(Cl)c([N+](=O)[O-])c1. The topological polar surface area (TPSA) is 85.1 Å². The molecule has 1 amide bonds. The van der Waals surface area contributed by atoms with Gasteiger partial charge in [0.2, 0.25) is 0 Å². The highest BCUT2D eigenvalue weighted by Gasteiger charge is 2.18. The summed E-state index contributed by atoms with van der Waals surface area (Å²) in [5.74, 6) is -0.465. The summed E-state index contributed by atoms with van der Waals surface area (Å²) in [4.78, 5) is 27.7.